The molecule has 2 heterocycles. The van der Waals surface area contributed by atoms with Gasteiger partial charge in [0.1, 0.15) is 11.3 Å². The van der Waals surface area contributed by atoms with E-state index >= 15 is 0 Å². The van der Waals surface area contributed by atoms with Gasteiger partial charge in [-0.15, -0.1) is 11.6 Å². The number of alkyl halides is 1. The second kappa shape index (κ2) is 5.17. The molecule has 3 aromatic rings. The molecule has 0 bridgehead atoms. The fourth-order valence-electron chi connectivity index (χ4n) is 2.42. The molecule has 21 heavy (non-hydrogen) atoms. The van der Waals surface area contributed by atoms with Crippen LogP contribution in [-0.4, -0.2) is 19.3 Å². The maximum atomic E-state index is 8.98. The Morgan fingerprint density at radius 1 is 1.43 bits per heavy atom. The molecule has 0 radical (unpaired) electrons. The molecule has 0 spiro atoms. The summed E-state index contributed by atoms with van der Waals surface area (Å²) in [5, 5.41) is 13.4. The van der Waals surface area contributed by atoms with Crippen LogP contribution >= 0.6 is 27.5 Å². The Bertz CT molecular complexity index is 887. The molecule has 1 aromatic carbocycles. The van der Waals surface area contributed by atoms with E-state index in [4.69, 9.17) is 16.9 Å². The number of hydrogen-bond acceptors (Lipinski definition) is 3. The Hall–Kier alpha value is -1.84. The van der Waals surface area contributed by atoms with Crippen LogP contribution in [0.4, 0.5) is 0 Å². The predicted octanol–water partition coefficient (Wildman–Crippen LogP) is 3.44. The Morgan fingerprint density at radius 2 is 2.19 bits per heavy atom. The largest absolute Gasteiger partial charge is 0.279 e. The van der Waals surface area contributed by atoms with Gasteiger partial charge in [-0.25, -0.2) is 9.67 Å². The second-order valence-electron chi connectivity index (χ2n) is 4.66. The molecule has 0 unspecified atom stereocenters. The van der Waals surface area contributed by atoms with Gasteiger partial charge in [-0.2, -0.15) is 10.4 Å². The highest BCUT2D eigenvalue weighted by Crippen LogP contribution is 2.29. The number of hydrogen-bond donors (Lipinski definition) is 0. The first-order valence-electron chi connectivity index (χ1n) is 6.23. The molecule has 106 valence electrons. The van der Waals surface area contributed by atoms with Crippen molar-refractivity contribution in [3.05, 3.63) is 39.8 Å². The average molecular weight is 365 g/mol. The average Bonchev–Trinajstić information content (AvgIpc) is 2.97. The van der Waals surface area contributed by atoms with Crippen molar-refractivity contribution in [1.82, 2.24) is 19.3 Å². The van der Waals surface area contributed by atoms with E-state index in [0.717, 1.165) is 32.8 Å². The normalized spacial score (nSPS) is 11.0. The van der Waals surface area contributed by atoms with Gasteiger partial charge < -0.3 is 0 Å². The molecule has 2 aromatic heterocycles. The fourth-order valence-corrected chi connectivity index (χ4v) is 3.15. The summed E-state index contributed by atoms with van der Waals surface area (Å²) in [6.07, 6.45) is 0. The second-order valence-corrected chi connectivity index (χ2v) is 5.78. The smallest absolute Gasteiger partial charge is 0.163 e. The van der Waals surface area contributed by atoms with Crippen LogP contribution < -0.4 is 0 Å². The molecule has 0 atom stereocenters. The van der Waals surface area contributed by atoms with Gasteiger partial charge >= 0.3 is 0 Å². The van der Waals surface area contributed by atoms with Gasteiger partial charge in [0.25, 0.3) is 0 Å². The first-order chi connectivity index (χ1) is 10.1. The van der Waals surface area contributed by atoms with E-state index in [0.29, 0.717) is 11.4 Å². The molecular formula is C14H11BrClN5. The fraction of sp³-hybridized carbons (Fsp3) is 0.214. The molecule has 0 aliphatic carbocycles. The predicted molar refractivity (Wildman–Crippen MR) is 84.5 cm³/mol. The van der Waals surface area contributed by atoms with E-state index in [1.165, 1.54) is 0 Å². The van der Waals surface area contributed by atoms with Crippen molar-refractivity contribution in [2.24, 2.45) is 7.05 Å². The summed E-state index contributed by atoms with van der Waals surface area (Å²) < 4.78 is 4.57. The van der Waals surface area contributed by atoms with Crippen molar-refractivity contribution in [2.45, 2.75) is 12.8 Å². The van der Waals surface area contributed by atoms with Crippen LogP contribution in [0.2, 0.25) is 0 Å². The van der Waals surface area contributed by atoms with Crippen LogP contribution in [-0.2, 0) is 12.9 Å². The molecule has 7 heteroatoms. The maximum Gasteiger partial charge on any atom is 0.163 e. The summed E-state index contributed by atoms with van der Waals surface area (Å²) in [7, 11) is 1.88. The quantitative estimate of drug-likeness (QED) is 0.654. The molecule has 3 rings (SSSR count). The molecule has 0 saturated carbocycles. The summed E-state index contributed by atoms with van der Waals surface area (Å²) in [5.41, 5.74) is 4.06. The third kappa shape index (κ3) is 2.13. The van der Waals surface area contributed by atoms with Crippen molar-refractivity contribution in [3.8, 4) is 11.8 Å². The highest BCUT2D eigenvalue weighted by molar-refractivity contribution is 9.10. The van der Waals surface area contributed by atoms with E-state index in [2.05, 4.69) is 32.1 Å². The number of aryl methyl sites for hydroxylation is 2. The van der Waals surface area contributed by atoms with Crippen LogP contribution in [0.1, 0.15) is 17.1 Å². The number of aromatic nitrogens is 4. The molecule has 0 aliphatic rings. The third-order valence-electron chi connectivity index (χ3n) is 3.31. The lowest BCUT2D eigenvalue weighted by Crippen LogP contribution is -2.05. The number of halogens is 2. The van der Waals surface area contributed by atoms with E-state index in [1.807, 2.05) is 24.6 Å². The van der Waals surface area contributed by atoms with Crippen molar-refractivity contribution in [3.63, 3.8) is 0 Å². The monoisotopic (exact) mass is 363 g/mol. The number of imidazole rings is 1. The minimum Gasteiger partial charge on any atom is -0.279 e. The molecule has 0 saturated heterocycles. The first-order valence-corrected chi connectivity index (χ1v) is 7.56. The van der Waals surface area contributed by atoms with E-state index in [-0.39, 0.29) is 0 Å². The van der Waals surface area contributed by atoms with Gasteiger partial charge in [0, 0.05) is 11.5 Å². The topological polar surface area (TPSA) is 59.4 Å². The summed E-state index contributed by atoms with van der Waals surface area (Å²) in [4.78, 5) is 4.57. The van der Waals surface area contributed by atoms with Gasteiger partial charge in [0.05, 0.1) is 28.9 Å². The molecule has 5 nitrogen and oxygen atoms in total. The number of nitriles is 1. The number of benzene rings is 1. The van der Waals surface area contributed by atoms with Crippen molar-refractivity contribution in [2.75, 3.05) is 0 Å². The highest BCUT2D eigenvalue weighted by atomic mass is 79.9. The Labute approximate surface area is 134 Å². The van der Waals surface area contributed by atoms with Crippen LogP contribution in [0.3, 0.4) is 0 Å². The minimum atomic E-state index is 0.292. The minimum absolute atomic E-state index is 0.292. The molecular weight excluding hydrogens is 354 g/mol. The first kappa shape index (κ1) is 14.1. The van der Waals surface area contributed by atoms with Gasteiger partial charge in [0.2, 0.25) is 0 Å². The van der Waals surface area contributed by atoms with Crippen LogP contribution in [0.5, 0.6) is 0 Å². The Morgan fingerprint density at radius 3 is 2.81 bits per heavy atom. The number of nitrogens with zero attached hydrogens (tertiary/aromatic N) is 5. The van der Waals surface area contributed by atoms with E-state index in [1.54, 1.807) is 16.8 Å². The molecule has 0 aliphatic heterocycles. The van der Waals surface area contributed by atoms with Crippen molar-refractivity contribution < 1.29 is 0 Å². The van der Waals surface area contributed by atoms with Crippen LogP contribution in [0, 0.1) is 18.3 Å². The SMILES string of the molecule is Cc1nn(C)c2c1nc(CCl)n2-c1ccc(C#N)cc1Br. The zero-order valence-corrected chi connectivity index (χ0v) is 13.8. The van der Waals surface area contributed by atoms with E-state index in [9.17, 15) is 0 Å². The zero-order valence-electron chi connectivity index (χ0n) is 11.4. The molecule has 0 N–H and O–H groups in total. The lowest BCUT2D eigenvalue weighted by molar-refractivity contribution is 0.754. The van der Waals surface area contributed by atoms with Gasteiger partial charge in [-0.05, 0) is 41.1 Å². The maximum absolute atomic E-state index is 8.98. The van der Waals surface area contributed by atoms with Crippen molar-refractivity contribution in [1.29, 1.82) is 5.26 Å². The van der Waals surface area contributed by atoms with Crippen molar-refractivity contribution >= 4 is 38.7 Å². The summed E-state index contributed by atoms with van der Waals surface area (Å²) in [6, 6.07) is 7.55. The lowest BCUT2D eigenvalue weighted by Gasteiger charge is -2.10. The standard InChI is InChI=1S/C14H11BrClN5/c1-8-13-14(20(2)19-8)21(12(6-16)18-13)11-4-3-9(7-17)5-10(11)15/h3-5H,6H2,1-2H3. The van der Waals surface area contributed by atoms with E-state index < -0.39 is 0 Å². The summed E-state index contributed by atoms with van der Waals surface area (Å²) in [5.74, 6) is 1.04. The number of fused-ring (bicyclic) bond motifs is 1. The summed E-state index contributed by atoms with van der Waals surface area (Å²) in [6.45, 7) is 1.92. The van der Waals surface area contributed by atoms with Crippen LogP contribution in [0.15, 0.2) is 22.7 Å². The number of rotatable bonds is 2. The Kier molecular flexibility index (Phi) is 3.47. The highest BCUT2D eigenvalue weighted by Gasteiger charge is 2.19. The van der Waals surface area contributed by atoms with Gasteiger partial charge in [0.15, 0.2) is 5.65 Å². The Balaban J connectivity index is 2.36. The molecule has 0 amide bonds. The van der Waals surface area contributed by atoms with Gasteiger partial charge in [-0.3, -0.25) is 4.57 Å². The summed E-state index contributed by atoms with van der Waals surface area (Å²) >= 11 is 9.56. The van der Waals surface area contributed by atoms with Crippen LogP contribution in [0.25, 0.3) is 16.9 Å². The lowest BCUT2D eigenvalue weighted by atomic mass is 10.2. The third-order valence-corrected chi connectivity index (χ3v) is 4.18. The van der Waals surface area contributed by atoms with Gasteiger partial charge in [-0.1, -0.05) is 0 Å². The zero-order chi connectivity index (χ0) is 15.1. The molecule has 0 fully saturated rings.